The van der Waals surface area contributed by atoms with Gasteiger partial charge in [0.25, 0.3) is 0 Å². The molecule has 0 radical (unpaired) electrons. The van der Waals surface area contributed by atoms with Crippen LogP contribution in [0.1, 0.15) is 49.2 Å². The highest BCUT2D eigenvalue weighted by Gasteiger charge is 2.16. The van der Waals surface area contributed by atoms with Gasteiger partial charge in [-0.05, 0) is 62.1 Å². The molecule has 0 atom stereocenters. The minimum absolute atomic E-state index is 0.0990. The first-order chi connectivity index (χ1) is 14.9. The van der Waals surface area contributed by atoms with Gasteiger partial charge in [0.1, 0.15) is 23.0 Å². The van der Waals surface area contributed by atoms with Crippen molar-refractivity contribution in [3.05, 3.63) is 68.8 Å². The second-order valence-corrected chi connectivity index (χ2v) is 7.54. The summed E-state index contributed by atoms with van der Waals surface area (Å²) in [4.78, 5) is 24.5. The van der Waals surface area contributed by atoms with Crippen molar-refractivity contribution in [3.8, 4) is 11.8 Å². The van der Waals surface area contributed by atoms with Crippen LogP contribution in [-0.2, 0) is 17.8 Å². The number of aryl methyl sites for hydroxylation is 2. The summed E-state index contributed by atoms with van der Waals surface area (Å²) >= 11 is 0. The van der Waals surface area contributed by atoms with E-state index in [2.05, 4.69) is 11.5 Å². The molecule has 2 heterocycles. The molecule has 0 aliphatic rings. The number of nitriles is 1. The number of nitrogens with zero attached hydrogens (tertiary/aromatic N) is 2. The molecule has 0 aliphatic carbocycles. The fraction of sp³-hybridized carbons (Fsp3) is 0.320. The van der Waals surface area contributed by atoms with Crippen LogP contribution in [0.25, 0.3) is 17.0 Å². The third-order valence-corrected chi connectivity index (χ3v) is 5.23. The number of aromatic nitrogens is 1. The van der Waals surface area contributed by atoms with Gasteiger partial charge in [-0.25, -0.2) is 9.59 Å². The molecule has 3 aromatic rings. The van der Waals surface area contributed by atoms with Gasteiger partial charge in [0.05, 0.1) is 0 Å². The van der Waals surface area contributed by atoms with Crippen molar-refractivity contribution < 1.29 is 13.9 Å². The van der Waals surface area contributed by atoms with Crippen LogP contribution in [0, 0.1) is 25.2 Å². The van der Waals surface area contributed by atoms with Crippen molar-refractivity contribution in [3.63, 3.8) is 0 Å². The summed E-state index contributed by atoms with van der Waals surface area (Å²) in [7, 11) is 0. The highest BCUT2D eigenvalue weighted by Crippen LogP contribution is 2.25. The number of carbonyl (C=O) groups excluding carboxylic acids is 1. The second-order valence-electron chi connectivity index (χ2n) is 7.54. The Balaban J connectivity index is 1.90. The zero-order valence-electron chi connectivity index (χ0n) is 18.3. The highest BCUT2D eigenvalue weighted by atomic mass is 16.5. The second kappa shape index (κ2) is 9.48. The van der Waals surface area contributed by atoms with Crippen molar-refractivity contribution in [2.45, 2.75) is 53.5 Å². The molecule has 0 saturated heterocycles. The van der Waals surface area contributed by atoms with Crippen LogP contribution < -0.4 is 10.4 Å². The molecule has 0 amide bonds. The summed E-state index contributed by atoms with van der Waals surface area (Å²) in [5, 5.41) is 10.3. The molecular weight excluding hydrogens is 392 g/mol. The molecular formula is C25H26N2O4. The largest absolute Gasteiger partial charge is 0.423 e. The van der Waals surface area contributed by atoms with Crippen molar-refractivity contribution in [2.75, 3.05) is 0 Å². The van der Waals surface area contributed by atoms with Crippen LogP contribution >= 0.6 is 0 Å². The van der Waals surface area contributed by atoms with Crippen LogP contribution in [0.2, 0.25) is 0 Å². The van der Waals surface area contributed by atoms with Crippen LogP contribution in [0.4, 0.5) is 0 Å². The number of benzene rings is 1. The summed E-state index contributed by atoms with van der Waals surface area (Å²) in [6.45, 7) is 8.98. The molecule has 0 spiro atoms. The summed E-state index contributed by atoms with van der Waals surface area (Å²) in [5.74, 6) is -0.541. The number of hydrogen-bond donors (Lipinski definition) is 0. The Morgan fingerprint density at radius 1 is 1.19 bits per heavy atom. The van der Waals surface area contributed by atoms with Crippen LogP contribution in [0.5, 0.6) is 5.75 Å². The Hall–Kier alpha value is -3.59. The topological polar surface area (TPSA) is 85.2 Å². The van der Waals surface area contributed by atoms with Crippen molar-refractivity contribution >= 4 is 23.0 Å². The predicted octanol–water partition coefficient (Wildman–Crippen LogP) is 5.09. The molecule has 6 nitrogen and oxygen atoms in total. The number of carbonyl (C=O) groups is 1. The molecule has 0 bridgehead atoms. The van der Waals surface area contributed by atoms with Gasteiger partial charge in [0.2, 0.25) is 0 Å². The SMILES string of the molecule is CCCc1cc(=O)oc2cc(OC(=O)/C(C#N)=C/c3cc(C)n(CCC)c3C)ccc12. The predicted molar refractivity (Wildman–Crippen MR) is 120 cm³/mol. The van der Waals surface area contributed by atoms with E-state index in [9.17, 15) is 14.9 Å². The molecule has 2 aromatic heterocycles. The fourth-order valence-corrected chi connectivity index (χ4v) is 3.75. The Morgan fingerprint density at radius 3 is 2.65 bits per heavy atom. The number of ether oxygens (including phenoxy) is 1. The number of hydrogen-bond acceptors (Lipinski definition) is 5. The lowest BCUT2D eigenvalue weighted by atomic mass is 10.1. The van der Waals surface area contributed by atoms with Gasteiger partial charge in [0, 0.05) is 35.5 Å². The maximum Gasteiger partial charge on any atom is 0.354 e. The van der Waals surface area contributed by atoms with E-state index in [4.69, 9.17) is 9.15 Å². The van der Waals surface area contributed by atoms with Gasteiger partial charge in [-0.1, -0.05) is 20.3 Å². The lowest BCUT2D eigenvalue weighted by Crippen LogP contribution is -2.10. The lowest BCUT2D eigenvalue weighted by Gasteiger charge is -2.08. The van der Waals surface area contributed by atoms with E-state index in [0.29, 0.717) is 5.58 Å². The highest BCUT2D eigenvalue weighted by molar-refractivity contribution is 5.99. The van der Waals surface area contributed by atoms with E-state index < -0.39 is 11.6 Å². The number of fused-ring (bicyclic) bond motifs is 1. The average molecular weight is 418 g/mol. The van der Waals surface area contributed by atoms with E-state index in [1.54, 1.807) is 18.2 Å². The molecule has 0 aliphatic heterocycles. The zero-order chi connectivity index (χ0) is 22.5. The monoisotopic (exact) mass is 418 g/mol. The Kier molecular flexibility index (Phi) is 6.76. The smallest absolute Gasteiger partial charge is 0.354 e. The minimum atomic E-state index is -0.755. The fourth-order valence-electron chi connectivity index (χ4n) is 3.75. The summed E-state index contributed by atoms with van der Waals surface area (Å²) < 4.78 is 12.9. The van der Waals surface area contributed by atoms with Crippen molar-refractivity contribution in [2.24, 2.45) is 0 Å². The first-order valence-electron chi connectivity index (χ1n) is 10.4. The van der Waals surface area contributed by atoms with Crippen molar-refractivity contribution in [1.82, 2.24) is 4.57 Å². The molecule has 0 N–H and O–H groups in total. The van der Waals surface area contributed by atoms with Crippen molar-refractivity contribution in [1.29, 1.82) is 5.26 Å². The van der Waals surface area contributed by atoms with Gasteiger partial charge < -0.3 is 13.7 Å². The first-order valence-corrected chi connectivity index (χ1v) is 10.4. The van der Waals surface area contributed by atoms with E-state index in [1.807, 2.05) is 32.9 Å². The standard InChI is InChI=1S/C25H26N2O4/c1-5-7-18-13-24(28)31-23-14-21(8-9-22(18)23)30-25(29)20(15-26)12-19-11-16(3)27(10-6-2)17(19)4/h8-9,11-14H,5-7,10H2,1-4H3/b20-12+. The van der Waals surface area contributed by atoms with Gasteiger partial charge in [-0.15, -0.1) is 0 Å². The van der Waals surface area contributed by atoms with Gasteiger partial charge in [-0.2, -0.15) is 5.26 Å². The molecule has 160 valence electrons. The zero-order valence-corrected chi connectivity index (χ0v) is 18.3. The third kappa shape index (κ3) is 4.77. The molecule has 3 rings (SSSR count). The average Bonchev–Trinajstić information content (AvgIpc) is 2.99. The van der Waals surface area contributed by atoms with Gasteiger partial charge in [-0.3, -0.25) is 0 Å². The normalized spacial score (nSPS) is 11.5. The van der Waals surface area contributed by atoms with Crippen LogP contribution in [0.15, 0.2) is 45.1 Å². The van der Waals surface area contributed by atoms with Crippen LogP contribution in [-0.4, -0.2) is 10.5 Å². The Bertz CT molecular complexity index is 1250. The maximum absolute atomic E-state index is 12.6. The van der Waals surface area contributed by atoms with E-state index in [1.165, 1.54) is 12.1 Å². The minimum Gasteiger partial charge on any atom is -0.423 e. The summed E-state index contributed by atoms with van der Waals surface area (Å²) in [6, 6.07) is 10.3. The lowest BCUT2D eigenvalue weighted by molar-refractivity contribution is -0.129. The van der Waals surface area contributed by atoms with Gasteiger partial charge in [0.15, 0.2) is 0 Å². The molecule has 31 heavy (non-hydrogen) atoms. The molecule has 0 unspecified atom stereocenters. The number of rotatable bonds is 7. The molecule has 0 saturated carbocycles. The molecule has 1 aromatic carbocycles. The van der Waals surface area contributed by atoms with Gasteiger partial charge >= 0.3 is 11.6 Å². The van der Waals surface area contributed by atoms with E-state index in [-0.39, 0.29) is 11.3 Å². The molecule has 0 fully saturated rings. The molecule has 6 heteroatoms. The van der Waals surface area contributed by atoms with E-state index in [0.717, 1.165) is 53.7 Å². The maximum atomic E-state index is 12.6. The number of esters is 1. The Labute approximate surface area is 181 Å². The third-order valence-electron chi connectivity index (χ3n) is 5.23. The Morgan fingerprint density at radius 2 is 1.97 bits per heavy atom. The van der Waals surface area contributed by atoms with E-state index >= 15 is 0 Å². The first kappa shape index (κ1) is 22.1. The van der Waals surface area contributed by atoms with Crippen LogP contribution in [0.3, 0.4) is 0 Å². The summed E-state index contributed by atoms with van der Waals surface area (Å²) in [5.41, 5.74) is 3.59. The summed E-state index contributed by atoms with van der Waals surface area (Å²) in [6.07, 6.45) is 4.19. The quantitative estimate of drug-likeness (QED) is 0.175.